The highest BCUT2D eigenvalue weighted by Gasteiger charge is 2.29. The lowest BCUT2D eigenvalue weighted by Crippen LogP contribution is -2.39. The largest absolute Gasteiger partial charge is 0.492 e. The zero-order valence-electron chi connectivity index (χ0n) is 18.5. The lowest BCUT2D eigenvalue weighted by atomic mass is 9.98. The van der Waals surface area contributed by atoms with Crippen molar-refractivity contribution in [1.82, 2.24) is 4.90 Å². The van der Waals surface area contributed by atoms with Gasteiger partial charge in [-0.2, -0.15) is 0 Å². The Morgan fingerprint density at radius 3 is 2.42 bits per heavy atom. The van der Waals surface area contributed by atoms with E-state index in [-0.39, 0.29) is 12.2 Å². The quantitative estimate of drug-likeness (QED) is 0.530. The minimum Gasteiger partial charge on any atom is -0.492 e. The van der Waals surface area contributed by atoms with Gasteiger partial charge in [0.05, 0.1) is 6.54 Å². The maximum atomic E-state index is 12.7. The smallest absolute Gasteiger partial charge is 0.410 e. The first-order valence-corrected chi connectivity index (χ1v) is 11.6. The van der Waals surface area contributed by atoms with Gasteiger partial charge in [0, 0.05) is 19.6 Å². The number of aliphatic carboxylic acids is 1. The molecular weight excluding hydrogens is 398 g/mol. The van der Waals surface area contributed by atoms with Crippen LogP contribution in [-0.2, 0) is 20.7 Å². The third-order valence-corrected chi connectivity index (χ3v) is 5.87. The molecule has 7 heteroatoms. The van der Waals surface area contributed by atoms with E-state index in [2.05, 4.69) is 0 Å². The predicted octanol–water partition coefficient (Wildman–Crippen LogP) is 4.28. The number of hydrogen-bond donors (Lipinski definition) is 1. The summed E-state index contributed by atoms with van der Waals surface area (Å²) in [4.78, 5) is 25.7. The molecule has 1 atom stereocenters. The third-order valence-electron chi connectivity index (χ3n) is 5.87. The summed E-state index contributed by atoms with van der Waals surface area (Å²) >= 11 is 0. The standard InChI is InChI=1S/C24H35NO6/c1-2-29-22(23(26)27)16-18-10-12-20(13-11-18)30-15-14-25(17-19-8-9-19)24(28)31-21-6-4-3-5-7-21/h10-13,19,21-22H,2-9,14-17H2,1H3,(H,26,27). The maximum Gasteiger partial charge on any atom is 0.410 e. The fourth-order valence-corrected chi connectivity index (χ4v) is 3.90. The molecule has 2 fully saturated rings. The summed E-state index contributed by atoms with van der Waals surface area (Å²) in [5.41, 5.74) is 0.875. The van der Waals surface area contributed by atoms with E-state index in [1.54, 1.807) is 11.8 Å². The molecule has 1 unspecified atom stereocenters. The van der Waals surface area contributed by atoms with Crippen LogP contribution in [0.2, 0.25) is 0 Å². The fraction of sp³-hybridized carbons (Fsp3) is 0.667. The molecule has 0 heterocycles. The lowest BCUT2D eigenvalue weighted by Gasteiger charge is -2.27. The van der Waals surface area contributed by atoms with Gasteiger partial charge in [-0.05, 0) is 69.1 Å². The maximum absolute atomic E-state index is 12.7. The van der Waals surface area contributed by atoms with Gasteiger partial charge in [0.15, 0.2) is 6.10 Å². The van der Waals surface area contributed by atoms with Crippen molar-refractivity contribution in [3.8, 4) is 5.75 Å². The van der Waals surface area contributed by atoms with Crippen LogP contribution in [0.25, 0.3) is 0 Å². The average Bonchev–Trinajstić information content (AvgIpc) is 3.58. The molecule has 1 amide bonds. The Balaban J connectivity index is 1.45. The highest BCUT2D eigenvalue weighted by molar-refractivity contribution is 5.72. The van der Waals surface area contributed by atoms with E-state index < -0.39 is 12.1 Å². The number of amides is 1. The van der Waals surface area contributed by atoms with Gasteiger partial charge >= 0.3 is 12.1 Å². The van der Waals surface area contributed by atoms with Gasteiger partial charge in [0.1, 0.15) is 18.5 Å². The molecule has 0 spiro atoms. The van der Waals surface area contributed by atoms with Crippen molar-refractivity contribution in [2.45, 2.75) is 70.5 Å². The monoisotopic (exact) mass is 433 g/mol. The third kappa shape index (κ3) is 8.05. The van der Waals surface area contributed by atoms with Crippen molar-refractivity contribution >= 4 is 12.1 Å². The van der Waals surface area contributed by atoms with E-state index in [4.69, 9.17) is 14.2 Å². The van der Waals surface area contributed by atoms with E-state index in [1.807, 2.05) is 24.3 Å². The summed E-state index contributed by atoms with van der Waals surface area (Å²) < 4.78 is 16.8. The van der Waals surface area contributed by atoms with Gasteiger partial charge in [-0.25, -0.2) is 9.59 Å². The second-order valence-electron chi connectivity index (χ2n) is 8.51. The van der Waals surface area contributed by atoms with Crippen molar-refractivity contribution in [2.24, 2.45) is 5.92 Å². The molecule has 0 radical (unpaired) electrons. The first-order chi connectivity index (χ1) is 15.0. The minimum absolute atomic E-state index is 0.0581. The van der Waals surface area contributed by atoms with Gasteiger partial charge < -0.3 is 24.2 Å². The summed E-state index contributed by atoms with van der Waals surface area (Å²) in [5.74, 6) is 0.322. The van der Waals surface area contributed by atoms with Crippen molar-refractivity contribution in [2.75, 3.05) is 26.3 Å². The Hall–Kier alpha value is -2.28. The van der Waals surface area contributed by atoms with Crippen LogP contribution in [0, 0.1) is 5.92 Å². The molecule has 2 aliphatic carbocycles. The topological polar surface area (TPSA) is 85.3 Å². The molecule has 7 nitrogen and oxygen atoms in total. The zero-order chi connectivity index (χ0) is 22.1. The zero-order valence-corrected chi connectivity index (χ0v) is 18.5. The molecule has 0 aromatic heterocycles. The minimum atomic E-state index is -0.960. The number of hydrogen-bond acceptors (Lipinski definition) is 5. The summed E-state index contributed by atoms with van der Waals surface area (Å²) in [6, 6.07) is 7.35. The van der Waals surface area contributed by atoms with Gasteiger partial charge in [-0.3, -0.25) is 0 Å². The van der Waals surface area contributed by atoms with E-state index in [1.165, 1.54) is 19.3 Å². The van der Waals surface area contributed by atoms with Crippen molar-refractivity contribution < 1.29 is 28.9 Å². The van der Waals surface area contributed by atoms with E-state index in [0.717, 1.165) is 37.8 Å². The van der Waals surface area contributed by atoms with E-state index in [9.17, 15) is 14.7 Å². The molecule has 1 aromatic rings. The Labute approximate surface area is 184 Å². The second-order valence-corrected chi connectivity index (χ2v) is 8.51. The van der Waals surface area contributed by atoms with Gasteiger partial charge in [-0.15, -0.1) is 0 Å². The SMILES string of the molecule is CCOC(Cc1ccc(OCCN(CC2CC2)C(=O)OC2CCCCC2)cc1)C(=O)O. The van der Waals surface area contributed by atoms with Gasteiger partial charge in [-0.1, -0.05) is 18.6 Å². The molecule has 2 saturated carbocycles. The summed E-state index contributed by atoms with van der Waals surface area (Å²) in [6.07, 6.45) is 7.10. The normalized spacial score (nSPS) is 17.7. The van der Waals surface area contributed by atoms with E-state index >= 15 is 0 Å². The Morgan fingerprint density at radius 1 is 1.10 bits per heavy atom. The molecule has 0 bridgehead atoms. The Morgan fingerprint density at radius 2 is 1.81 bits per heavy atom. The molecular formula is C24H35NO6. The molecule has 1 N–H and O–H groups in total. The molecule has 172 valence electrons. The van der Waals surface area contributed by atoms with Crippen molar-refractivity contribution in [3.63, 3.8) is 0 Å². The van der Waals surface area contributed by atoms with Crippen LogP contribution in [0.15, 0.2) is 24.3 Å². The number of carbonyl (C=O) groups excluding carboxylic acids is 1. The Bertz CT molecular complexity index is 697. The van der Waals surface area contributed by atoms with Crippen LogP contribution in [0.5, 0.6) is 5.75 Å². The molecule has 31 heavy (non-hydrogen) atoms. The first-order valence-electron chi connectivity index (χ1n) is 11.6. The average molecular weight is 434 g/mol. The number of nitrogens with zero attached hydrogens (tertiary/aromatic N) is 1. The number of rotatable bonds is 12. The lowest BCUT2D eigenvalue weighted by molar-refractivity contribution is -0.149. The highest BCUT2D eigenvalue weighted by atomic mass is 16.6. The van der Waals surface area contributed by atoms with Crippen LogP contribution in [0.4, 0.5) is 4.79 Å². The molecule has 0 saturated heterocycles. The van der Waals surface area contributed by atoms with E-state index in [0.29, 0.717) is 37.8 Å². The fourth-order valence-electron chi connectivity index (χ4n) is 3.90. The second kappa shape index (κ2) is 11.9. The number of carbonyl (C=O) groups is 2. The van der Waals surface area contributed by atoms with Crippen LogP contribution >= 0.6 is 0 Å². The van der Waals surface area contributed by atoms with Crippen LogP contribution in [-0.4, -0.2) is 60.6 Å². The number of carboxylic acid groups (broad SMARTS) is 1. The number of carboxylic acids is 1. The van der Waals surface area contributed by atoms with Crippen molar-refractivity contribution in [3.05, 3.63) is 29.8 Å². The van der Waals surface area contributed by atoms with Gasteiger partial charge in [0.25, 0.3) is 0 Å². The predicted molar refractivity (Wildman–Crippen MR) is 116 cm³/mol. The number of ether oxygens (including phenoxy) is 3. The summed E-state index contributed by atoms with van der Waals surface area (Å²) in [5, 5.41) is 9.21. The Kier molecular flexibility index (Phi) is 9.00. The molecule has 3 rings (SSSR count). The van der Waals surface area contributed by atoms with Gasteiger partial charge in [0.2, 0.25) is 0 Å². The number of benzene rings is 1. The summed E-state index contributed by atoms with van der Waals surface area (Å²) in [7, 11) is 0. The van der Waals surface area contributed by atoms with Crippen molar-refractivity contribution in [1.29, 1.82) is 0 Å². The first kappa shape index (κ1) is 23.4. The molecule has 0 aliphatic heterocycles. The molecule has 2 aliphatic rings. The van der Waals surface area contributed by atoms with Crippen LogP contribution in [0.1, 0.15) is 57.4 Å². The highest BCUT2D eigenvalue weighted by Crippen LogP contribution is 2.30. The van der Waals surface area contributed by atoms with Crippen LogP contribution in [0.3, 0.4) is 0 Å². The molecule has 1 aromatic carbocycles. The van der Waals surface area contributed by atoms with Crippen LogP contribution < -0.4 is 4.74 Å². The summed E-state index contributed by atoms with van der Waals surface area (Å²) in [6.45, 7) is 3.77.